The first-order valence-corrected chi connectivity index (χ1v) is 5.91. The molecule has 1 fully saturated rings. The topological polar surface area (TPSA) is 77.1 Å². The summed E-state index contributed by atoms with van der Waals surface area (Å²) in [6.45, 7) is 1.37. The van der Waals surface area contributed by atoms with Gasteiger partial charge in [0, 0.05) is 12.3 Å². The minimum atomic E-state index is -0.422. The second-order valence-electron chi connectivity index (χ2n) is 4.19. The van der Waals surface area contributed by atoms with Crippen molar-refractivity contribution in [1.29, 1.82) is 5.26 Å². The van der Waals surface area contributed by atoms with Crippen molar-refractivity contribution in [2.24, 2.45) is 0 Å². The Bertz CT molecular complexity index is 711. The van der Waals surface area contributed by atoms with Crippen LogP contribution in [-0.2, 0) is 16.0 Å². The van der Waals surface area contributed by atoms with Crippen molar-refractivity contribution in [3.8, 4) is 6.07 Å². The fourth-order valence-corrected chi connectivity index (χ4v) is 2.08. The predicted molar refractivity (Wildman–Crippen MR) is 66.4 cm³/mol. The molecule has 0 aliphatic carbocycles. The van der Waals surface area contributed by atoms with E-state index in [1.54, 1.807) is 12.1 Å². The highest BCUT2D eigenvalue weighted by Crippen LogP contribution is 2.13. The molecular formula is C13H11N3O3. The number of ether oxygens (including phenoxy) is 2. The first kappa shape index (κ1) is 11.8. The van der Waals surface area contributed by atoms with Gasteiger partial charge in [0.25, 0.3) is 5.56 Å². The number of aromatic nitrogens is 2. The van der Waals surface area contributed by atoms with Crippen LogP contribution in [0.15, 0.2) is 29.2 Å². The number of pyridine rings is 2. The van der Waals surface area contributed by atoms with Crippen molar-refractivity contribution < 1.29 is 9.47 Å². The molecule has 19 heavy (non-hydrogen) atoms. The molecule has 1 aliphatic rings. The number of nitriles is 1. The third-order valence-corrected chi connectivity index (χ3v) is 2.99. The fourth-order valence-electron chi connectivity index (χ4n) is 2.08. The van der Waals surface area contributed by atoms with E-state index in [0.29, 0.717) is 36.4 Å². The summed E-state index contributed by atoms with van der Waals surface area (Å²) in [5, 5.41) is 8.91. The lowest BCUT2D eigenvalue weighted by Crippen LogP contribution is -2.27. The van der Waals surface area contributed by atoms with Gasteiger partial charge in [-0.05, 0) is 12.1 Å². The Balaban J connectivity index is 2.12. The number of hydrogen-bond acceptors (Lipinski definition) is 5. The van der Waals surface area contributed by atoms with Crippen molar-refractivity contribution in [3.05, 3.63) is 40.3 Å². The van der Waals surface area contributed by atoms with Crippen LogP contribution in [0.5, 0.6) is 0 Å². The molecule has 1 saturated heterocycles. The van der Waals surface area contributed by atoms with Crippen molar-refractivity contribution in [2.45, 2.75) is 12.8 Å². The van der Waals surface area contributed by atoms with Crippen LogP contribution in [-0.4, -0.2) is 29.1 Å². The molecule has 6 nitrogen and oxygen atoms in total. The van der Waals surface area contributed by atoms with Crippen LogP contribution in [0, 0.1) is 11.3 Å². The molecule has 96 valence electrons. The molecule has 0 radical (unpaired) electrons. The van der Waals surface area contributed by atoms with Gasteiger partial charge in [0.2, 0.25) is 0 Å². The van der Waals surface area contributed by atoms with Gasteiger partial charge in [-0.3, -0.25) is 9.78 Å². The van der Waals surface area contributed by atoms with Gasteiger partial charge in [-0.15, -0.1) is 0 Å². The van der Waals surface area contributed by atoms with Gasteiger partial charge in [0.1, 0.15) is 6.07 Å². The zero-order valence-electron chi connectivity index (χ0n) is 10.1. The highest BCUT2D eigenvalue weighted by Gasteiger charge is 2.18. The summed E-state index contributed by atoms with van der Waals surface area (Å²) in [5.41, 5.74) is 1.53. The number of rotatable bonds is 2. The molecule has 6 heteroatoms. The smallest absolute Gasteiger partial charge is 0.251 e. The highest BCUT2D eigenvalue weighted by atomic mass is 16.7. The molecule has 0 bridgehead atoms. The van der Waals surface area contributed by atoms with E-state index < -0.39 is 6.29 Å². The van der Waals surface area contributed by atoms with E-state index in [1.807, 2.05) is 6.07 Å². The fraction of sp³-hybridized carbons (Fsp3) is 0.308. The maximum atomic E-state index is 12.0. The van der Waals surface area contributed by atoms with Gasteiger partial charge >= 0.3 is 0 Å². The van der Waals surface area contributed by atoms with E-state index in [0.717, 1.165) is 0 Å². The summed E-state index contributed by atoms with van der Waals surface area (Å²) >= 11 is 0. The lowest BCUT2D eigenvalue weighted by atomic mass is 10.2. The van der Waals surface area contributed by atoms with E-state index in [-0.39, 0.29) is 5.56 Å². The summed E-state index contributed by atoms with van der Waals surface area (Å²) in [5.74, 6) is 0. The first-order valence-electron chi connectivity index (χ1n) is 5.91. The minimum Gasteiger partial charge on any atom is -0.348 e. The normalized spacial score (nSPS) is 15.7. The molecule has 3 heterocycles. The SMILES string of the molecule is N#Cc1cnc2ccc(=O)n(CC3OCCO3)c2c1. The van der Waals surface area contributed by atoms with E-state index in [1.165, 1.54) is 16.8 Å². The van der Waals surface area contributed by atoms with E-state index >= 15 is 0 Å². The molecule has 0 spiro atoms. The molecule has 0 saturated carbocycles. The molecule has 3 rings (SSSR count). The zero-order valence-corrected chi connectivity index (χ0v) is 10.1. The van der Waals surface area contributed by atoms with Gasteiger partial charge in [-0.1, -0.05) is 0 Å². The molecular weight excluding hydrogens is 246 g/mol. The Morgan fingerprint density at radius 3 is 2.95 bits per heavy atom. The average molecular weight is 257 g/mol. The van der Waals surface area contributed by atoms with E-state index in [4.69, 9.17) is 14.7 Å². The third-order valence-electron chi connectivity index (χ3n) is 2.99. The van der Waals surface area contributed by atoms with Crippen molar-refractivity contribution in [3.63, 3.8) is 0 Å². The quantitative estimate of drug-likeness (QED) is 0.789. The maximum absolute atomic E-state index is 12.0. The Morgan fingerprint density at radius 1 is 1.42 bits per heavy atom. The minimum absolute atomic E-state index is 0.163. The Kier molecular flexibility index (Phi) is 2.99. The molecule has 0 aromatic carbocycles. The predicted octanol–water partition coefficient (Wildman–Crippen LogP) is 0.641. The van der Waals surface area contributed by atoms with Crippen molar-refractivity contribution in [1.82, 2.24) is 9.55 Å². The Hall–Kier alpha value is -2.23. The van der Waals surface area contributed by atoms with Crippen LogP contribution in [0.3, 0.4) is 0 Å². The van der Waals surface area contributed by atoms with Gasteiger partial charge in [-0.2, -0.15) is 5.26 Å². The molecule has 0 atom stereocenters. The van der Waals surface area contributed by atoms with Crippen LogP contribution in [0.4, 0.5) is 0 Å². The lowest BCUT2D eigenvalue weighted by Gasteiger charge is -2.13. The number of fused-ring (bicyclic) bond motifs is 1. The maximum Gasteiger partial charge on any atom is 0.251 e. The Labute approximate surface area is 108 Å². The number of nitrogens with zero attached hydrogens (tertiary/aromatic N) is 3. The molecule has 1 aliphatic heterocycles. The van der Waals surface area contributed by atoms with Gasteiger partial charge in [0.05, 0.1) is 36.4 Å². The van der Waals surface area contributed by atoms with Gasteiger partial charge in [0.15, 0.2) is 6.29 Å². The largest absolute Gasteiger partial charge is 0.348 e. The third kappa shape index (κ3) is 2.21. The van der Waals surface area contributed by atoms with E-state index in [9.17, 15) is 4.79 Å². The van der Waals surface area contributed by atoms with Crippen LogP contribution < -0.4 is 5.56 Å². The monoisotopic (exact) mass is 257 g/mol. The summed E-state index contributed by atoms with van der Waals surface area (Å²) in [6, 6.07) is 6.77. The van der Waals surface area contributed by atoms with Crippen molar-refractivity contribution in [2.75, 3.05) is 13.2 Å². The van der Waals surface area contributed by atoms with Crippen LogP contribution in [0.25, 0.3) is 11.0 Å². The second kappa shape index (κ2) is 4.80. The molecule has 0 unspecified atom stereocenters. The molecule has 2 aromatic heterocycles. The van der Waals surface area contributed by atoms with E-state index in [2.05, 4.69) is 4.98 Å². The summed E-state index contributed by atoms with van der Waals surface area (Å²) in [4.78, 5) is 16.1. The van der Waals surface area contributed by atoms with Crippen LogP contribution in [0.2, 0.25) is 0 Å². The first-order chi connectivity index (χ1) is 9.28. The average Bonchev–Trinajstić information content (AvgIpc) is 2.94. The van der Waals surface area contributed by atoms with Crippen LogP contribution >= 0.6 is 0 Å². The Morgan fingerprint density at radius 2 is 2.21 bits per heavy atom. The zero-order chi connectivity index (χ0) is 13.2. The lowest BCUT2D eigenvalue weighted by molar-refractivity contribution is -0.0522. The summed E-state index contributed by atoms with van der Waals surface area (Å²) in [6.07, 6.45) is 1.06. The standard InChI is InChI=1S/C13H11N3O3/c14-6-9-5-11-10(15-7-9)1-2-12(17)16(11)8-13-18-3-4-19-13/h1-2,5,7,13H,3-4,8H2. The summed E-state index contributed by atoms with van der Waals surface area (Å²) < 4.78 is 12.2. The second-order valence-corrected chi connectivity index (χ2v) is 4.19. The highest BCUT2D eigenvalue weighted by molar-refractivity contribution is 5.75. The molecule has 0 N–H and O–H groups in total. The van der Waals surface area contributed by atoms with Gasteiger partial charge in [-0.25, -0.2) is 0 Å². The summed E-state index contributed by atoms with van der Waals surface area (Å²) in [7, 11) is 0. The van der Waals surface area contributed by atoms with Gasteiger partial charge < -0.3 is 14.0 Å². The molecule has 0 amide bonds. The van der Waals surface area contributed by atoms with Crippen LogP contribution in [0.1, 0.15) is 5.56 Å². The van der Waals surface area contributed by atoms with Crippen molar-refractivity contribution >= 4 is 11.0 Å². The number of hydrogen-bond donors (Lipinski definition) is 0. The molecule has 2 aromatic rings.